The second-order valence-electron chi connectivity index (χ2n) is 5.67. The highest BCUT2D eigenvalue weighted by Gasteiger charge is 2.17. The van der Waals surface area contributed by atoms with Crippen molar-refractivity contribution in [1.29, 1.82) is 0 Å². The van der Waals surface area contributed by atoms with Gasteiger partial charge in [-0.15, -0.1) is 0 Å². The quantitative estimate of drug-likeness (QED) is 0.898. The van der Waals surface area contributed by atoms with Gasteiger partial charge in [0.05, 0.1) is 22.5 Å². The first-order valence-electron chi connectivity index (χ1n) is 7.21. The largest absolute Gasteiger partial charge is 0.322 e. The number of hydrogen-bond acceptors (Lipinski definition) is 3. The second kappa shape index (κ2) is 6.83. The first kappa shape index (κ1) is 18.3. The van der Waals surface area contributed by atoms with E-state index >= 15 is 0 Å². The van der Waals surface area contributed by atoms with Crippen molar-refractivity contribution < 1.29 is 13.2 Å². The molecule has 2 aromatic carbocycles. The van der Waals surface area contributed by atoms with E-state index in [0.29, 0.717) is 11.4 Å². The molecule has 2 aromatic rings. The summed E-state index contributed by atoms with van der Waals surface area (Å²) in [5, 5.41) is 3.06. The minimum Gasteiger partial charge on any atom is -0.322 e. The molecule has 24 heavy (non-hydrogen) atoms. The number of carbonyl (C=O) groups is 1. The molecule has 0 saturated heterocycles. The van der Waals surface area contributed by atoms with E-state index in [1.165, 1.54) is 19.2 Å². The molecule has 0 saturated carbocycles. The average molecular weight is 367 g/mol. The first-order valence-corrected chi connectivity index (χ1v) is 9.44. The summed E-state index contributed by atoms with van der Waals surface area (Å²) in [4.78, 5) is 12.5. The molecule has 0 unspecified atom stereocenters. The predicted octanol–water partition coefficient (Wildman–Crippen LogP) is 3.60. The Balaban J connectivity index is 2.35. The third-order valence-electron chi connectivity index (χ3n) is 3.69. The number of halogens is 1. The van der Waals surface area contributed by atoms with E-state index in [4.69, 9.17) is 11.6 Å². The standard InChI is InChI=1S/C17H19ClN2O3S/c1-11-5-8-16(12(2)9-11)19-17(21)14-10-13(6-7-15(14)18)20(3)24(4,22)23/h5-10H,1-4H3,(H,19,21). The van der Waals surface area contributed by atoms with Crippen LogP contribution in [-0.4, -0.2) is 27.6 Å². The molecule has 0 atom stereocenters. The Labute approximate surface area is 147 Å². The number of nitrogens with one attached hydrogen (secondary N) is 1. The Hall–Kier alpha value is -2.05. The molecular weight excluding hydrogens is 348 g/mol. The lowest BCUT2D eigenvalue weighted by atomic mass is 10.1. The highest BCUT2D eigenvalue weighted by atomic mass is 35.5. The van der Waals surface area contributed by atoms with Crippen molar-refractivity contribution in [3.63, 3.8) is 0 Å². The zero-order valence-electron chi connectivity index (χ0n) is 13.9. The second-order valence-corrected chi connectivity index (χ2v) is 8.09. The van der Waals surface area contributed by atoms with Gasteiger partial charge in [0.25, 0.3) is 5.91 Å². The third kappa shape index (κ3) is 4.07. The zero-order valence-corrected chi connectivity index (χ0v) is 15.5. The van der Waals surface area contributed by atoms with Gasteiger partial charge in [0.1, 0.15) is 0 Å². The van der Waals surface area contributed by atoms with Crippen LogP contribution >= 0.6 is 11.6 Å². The van der Waals surface area contributed by atoms with E-state index in [0.717, 1.165) is 21.7 Å². The van der Waals surface area contributed by atoms with Gasteiger partial charge in [0.15, 0.2) is 0 Å². The maximum atomic E-state index is 12.5. The number of amides is 1. The number of aryl methyl sites for hydroxylation is 2. The first-order chi connectivity index (χ1) is 11.1. The Morgan fingerprint density at radius 2 is 1.79 bits per heavy atom. The molecule has 1 amide bonds. The number of hydrogen-bond donors (Lipinski definition) is 1. The Bertz CT molecular complexity index is 895. The average Bonchev–Trinajstić information content (AvgIpc) is 2.49. The van der Waals surface area contributed by atoms with Crippen molar-refractivity contribution in [2.45, 2.75) is 13.8 Å². The van der Waals surface area contributed by atoms with Crippen LogP contribution in [0.3, 0.4) is 0 Å². The van der Waals surface area contributed by atoms with Gasteiger partial charge in [-0.1, -0.05) is 29.3 Å². The molecule has 0 aromatic heterocycles. The number of anilines is 2. The number of nitrogens with zero attached hydrogens (tertiary/aromatic N) is 1. The van der Waals surface area contributed by atoms with Crippen molar-refractivity contribution in [2.75, 3.05) is 22.9 Å². The van der Waals surface area contributed by atoms with E-state index in [-0.39, 0.29) is 10.6 Å². The van der Waals surface area contributed by atoms with Crippen molar-refractivity contribution in [3.05, 3.63) is 58.1 Å². The summed E-state index contributed by atoms with van der Waals surface area (Å²) in [6.45, 7) is 3.87. The summed E-state index contributed by atoms with van der Waals surface area (Å²) >= 11 is 6.11. The molecule has 0 heterocycles. The summed E-state index contributed by atoms with van der Waals surface area (Å²) in [6.07, 6.45) is 1.09. The van der Waals surface area contributed by atoms with Crippen molar-refractivity contribution in [2.24, 2.45) is 0 Å². The van der Waals surface area contributed by atoms with E-state index in [9.17, 15) is 13.2 Å². The molecule has 1 N–H and O–H groups in total. The van der Waals surface area contributed by atoms with Crippen LogP contribution in [-0.2, 0) is 10.0 Å². The van der Waals surface area contributed by atoms with Crippen molar-refractivity contribution >= 4 is 38.9 Å². The number of benzene rings is 2. The molecule has 0 radical (unpaired) electrons. The van der Waals surface area contributed by atoms with Gasteiger partial charge in [0, 0.05) is 12.7 Å². The van der Waals surface area contributed by atoms with Crippen LogP contribution in [0.15, 0.2) is 36.4 Å². The fourth-order valence-corrected chi connectivity index (χ4v) is 2.92. The minimum absolute atomic E-state index is 0.213. The van der Waals surface area contributed by atoms with Gasteiger partial charge in [0.2, 0.25) is 10.0 Å². The maximum Gasteiger partial charge on any atom is 0.257 e. The molecular formula is C17H19ClN2O3S. The summed E-state index contributed by atoms with van der Waals surface area (Å²) in [5.74, 6) is -0.393. The van der Waals surface area contributed by atoms with Gasteiger partial charge < -0.3 is 5.32 Å². The van der Waals surface area contributed by atoms with E-state index in [1.807, 2.05) is 32.0 Å². The van der Waals surface area contributed by atoms with Crippen LogP contribution in [0, 0.1) is 13.8 Å². The van der Waals surface area contributed by atoms with Gasteiger partial charge in [-0.05, 0) is 43.7 Å². The number of rotatable bonds is 4. The Morgan fingerprint density at radius 3 is 2.38 bits per heavy atom. The number of sulfonamides is 1. The SMILES string of the molecule is Cc1ccc(NC(=O)c2cc(N(C)S(C)(=O)=O)ccc2Cl)c(C)c1. The molecule has 0 spiro atoms. The van der Waals surface area contributed by atoms with Gasteiger partial charge in [-0.3, -0.25) is 9.10 Å². The predicted molar refractivity (Wildman–Crippen MR) is 98.6 cm³/mol. The highest BCUT2D eigenvalue weighted by molar-refractivity contribution is 7.92. The molecule has 7 heteroatoms. The van der Waals surface area contributed by atoms with E-state index in [1.54, 1.807) is 6.07 Å². The van der Waals surface area contributed by atoms with Crippen molar-refractivity contribution in [1.82, 2.24) is 0 Å². The molecule has 0 bridgehead atoms. The molecule has 0 aliphatic rings. The monoisotopic (exact) mass is 366 g/mol. The minimum atomic E-state index is -3.42. The number of carbonyl (C=O) groups excluding carboxylic acids is 1. The maximum absolute atomic E-state index is 12.5. The Morgan fingerprint density at radius 1 is 1.12 bits per heavy atom. The smallest absolute Gasteiger partial charge is 0.257 e. The fourth-order valence-electron chi connectivity index (χ4n) is 2.22. The molecule has 0 aliphatic heterocycles. The summed E-state index contributed by atoms with van der Waals surface area (Å²) in [6, 6.07) is 10.2. The summed E-state index contributed by atoms with van der Waals surface area (Å²) < 4.78 is 24.4. The molecule has 5 nitrogen and oxygen atoms in total. The van der Waals surface area contributed by atoms with E-state index < -0.39 is 15.9 Å². The van der Waals surface area contributed by atoms with Gasteiger partial charge in [-0.25, -0.2) is 8.42 Å². The Kier molecular flexibility index (Phi) is 5.20. The van der Waals surface area contributed by atoms with Crippen LogP contribution in [0.2, 0.25) is 5.02 Å². The summed E-state index contributed by atoms with van der Waals surface area (Å²) in [7, 11) is -2.00. The van der Waals surface area contributed by atoms with Gasteiger partial charge >= 0.3 is 0 Å². The lowest BCUT2D eigenvalue weighted by Gasteiger charge is -2.18. The normalized spacial score (nSPS) is 11.2. The van der Waals surface area contributed by atoms with Crippen LogP contribution in [0.4, 0.5) is 11.4 Å². The van der Waals surface area contributed by atoms with Crippen LogP contribution in [0.1, 0.15) is 21.5 Å². The fraction of sp³-hybridized carbons (Fsp3) is 0.235. The summed E-state index contributed by atoms with van der Waals surface area (Å²) in [5.41, 5.74) is 3.30. The van der Waals surface area contributed by atoms with Gasteiger partial charge in [-0.2, -0.15) is 0 Å². The van der Waals surface area contributed by atoms with Crippen LogP contribution in [0.25, 0.3) is 0 Å². The van der Waals surface area contributed by atoms with Crippen molar-refractivity contribution in [3.8, 4) is 0 Å². The topological polar surface area (TPSA) is 66.5 Å². The van der Waals surface area contributed by atoms with E-state index in [2.05, 4.69) is 5.32 Å². The third-order valence-corrected chi connectivity index (χ3v) is 5.22. The van der Waals surface area contributed by atoms with Crippen LogP contribution < -0.4 is 9.62 Å². The van der Waals surface area contributed by atoms with Crippen LogP contribution in [0.5, 0.6) is 0 Å². The molecule has 0 fully saturated rings. The molecule has 0 aliphatic carbocycles. The lowest BCUT2D eigenvalue weighted by molar-refractivity contribution is 0.102. The highest BCUT2D eigenvalue weighted by Crippen LogP contribution is 2.25. The lowest BCUT2D eigenvalue weighted by Crippen LogP contribution is -2.25. The molecule has 128 valence electrons. The molecule has 2 rings (SSSR count). The zero-order chi connectivity index (χ0) is 18.1.